The third-order valence-electron chi connectivity index (χ3n) is 5.74. The summed E-state index contributed by atoms with van der Waals surface area (Å²) in [6.45, 7) is 6.80. The molecule has 2 aliphatic heterocycles. The van der Waals surface area contributed by atoms with Crippen LogP contribution in [-0.2, 0) is 16.1 Å². The number of anilines is 2. The van der Waals surface area contributed by atoms with E-state index in [1.54, 1.807) is 11.2 Å². The number of carbonyl (C=O) groups is 2. The van der Waals surface area contributed by atoms with Crippen LogP contribution in [0, 0.1) is 0 Å². The standard InChI is InChI=1S/C21H27N5O3/c1-16(25-12-10-24(11-13-25)15-17-8-14-29-23-17)21(28)22-18-5-2-3-6-19(18)26-9-4-7-20(26)27/h2-3,5-6,8,14,16H,4,7,9-13,15H2,1H3,(H,22,28). The number of rotatable bonds is 6. The minimum Gasteiger partial charge on any atom is -0.364 e. The van der Waals surface area contributed by atoms with E-state index in [4.69, 9.17) is 4.52 Å². The first-order chi connectivity index (χ1) is 14.1. The van der Waals surface area contributed by atoms with Gasteiger partial charge in [-0.3, -0.25) is 19.4 Å². The van der Waals surface area contributed by atoms with Crippen LogP contribution in [0.15, 0.2) is 41.1 Å². The number of hydrogen-bond acceptors (Lipinski definition) is 6. The average molecular weight is 397 g/mol. The Morgan fingerprint density at radius 3 is 2.66 bits per heavy atom. The molecule has 2 saturated heterocycles. The fraction of sp³-hybridized carbons (Fsp3) is 0.476. The van der Waals surface area contributed by atoms with Crippen LogP contribution in [0.1, 0.15) is 25.5 Å². The molecule has 8 nitrogen and oxygen atoms in total. The summed E-state index contributed by atoms with van der Waals surface area (Å²) >= 11 is 0. The Bertz CT molecular complexity index is 846. The Kier molecular flexibility index (Phi) is 5.92. The zero-order valence-electron chi connectivity index (χ0n) is 16.7. The van der Waals surface area contributed by atoms with Gasteiger partial charge in [0.05, 0.1) is 23.1 Å². The van der Waals surface area contributed by atoms with Crippen LogP contribution in [0.5, 0.6) is 0 Å². The van der Waals surface area contributed by atoms with Crippen molar-refractivity contribution in [2.24, 2.45) is 0 Å². The second-order valence-corrected chi connectivity index (χ2v) is 7.63. The molecule has 1 unspecified atom stereocenters. The predicted molar refractivity (Wildman–Crippen MR) is 109 cm³/mol. The summed E-state index contributed by atoms with van der Waals surface area (Å²) in [5, 5.41) is 7.01. The van der Waals surface area contributed by atoms with Gasteiger partial charge < -0.3 is 14.7 Å². The molecule has 2 aliphatic rings. The molecule has 0 saturated carbocycles. The maximum absolute atomic E-state index is 12.9. The Balaban J connectivity index is 1.34. The normalized spacial score (nSPS) is 19.5. The van der Waals surface area contributed by atoms with Gasteiger partial charge in [-0.05, 0) is 25.5 Å². The quantitative estimate of drug-likeness (QED) is 0.802. The molecule has 0 bridgehead atoms. The van der Waals surface area contributed by atoms with E-state index in [-0.39, 0.29) is 17.9 Å². The van der Waals surface area contributed by atoms with Crippen LogP contribution in [0.25, 0.3) is 0 Å². The van der Waals surface area contributed by atoms with Gasteiger partial charge in [-0.1, -0.05) is 17.3 Å². The molecule has 0 aliphatic carbocycles. The topological polar surface area (TPSA) is 81.9 Å². The summed E-state index contributed by atoms with van der Waals surface area (Å²) in [6, 6.07) is 9.17. The number of amides is 2. The van der Waals surface area contributed by atoms with Gasteiger partial charge in [-0.15, -0.1) is 0 Å². The molecular weight excluding hydrogens is 370 g/mol. The van der Waals surface area contributed by atoms with E-state index in [9.17, 15) is 9.59 Å². The van der Waals surface area contributed by atoms with Crippen molar-refractivity contribution in [1.82, 2.24) is 15.0 Å². The number of hydrogen-bond donors (Lipinski definition) is 1. The third-order valence-corrected chi connectivity index (χ3v) is 5.74. The van der Waals surface area contributed by atoms with Crippen molar-refractivity contribution < 1.29 is 14.1 Å². The monoisotopic (exact) mass is 397 g/mol. The number of para-hydroxylation sites is 2. The predicted octanol–water partition coefficient (Wildman–Crippen LogP) is 1.95. The van der Waals surface area contributed by atoms with Crippen LogP contribution in [0.2, 0.25) is 0 Å². The Labute approximate surface area is 170 Å². The van der Waals surface area contributed by atoms with Crippen molar-refractivity contribution in [2.45, 2.75) is 32.4 Å². The lowest BCUT2D eigenvalue weighted by atomic mass is 10.2. The highest BCUT2D eigenvalue weighted by Crippen LogP contribution is 2.29. The van der Waals surface area contributed by atoms with Gasteiger partial charge in [-0.2, -0.15) is 0 Å². The Morgan fingerprint density at radius 1 is 1.17 bits per heavy atom. The minimum absolute atomic E-state index is 0.0472. The molecule has 2 amide bonds. The fourth-order valence-electron chi connectivity index (χ4n) is 3.98. The first-order valence-electron chi connectivity index (χ1n) is 10.2. The van der Waals surface area contributed by atoms with E-state index >= 15 is 0 Å². The zero-order valence-corrected chi connectivity index (χ0v) is 16.7. The van der Waals surface area contributed by atoms with Crippen LogP contribution in [-0.4, -0.2) is 65.5 Å². The van der Waals surface area contributed by atoms with Crippen molar-refractivity contribution in [1.29, 1.82) is 0 Å². The van der Waals surface area contributed by atoms with E-state index in [1.807, 2.05) is 37.3 Å². The Hall–Kier alpha value is -2.71. The van der Waals surface area contributed by atoms with Gasteiger partial charge in [0.25, 0.3) is 0 Å². The summed E-state index contributed by atoms with van der Waals surface area (Å²) in [6.07, 6.45) is 3.01. The van der Waals surface area contributed by atoms with Gasteiger partial charge >= 0.3 is 0 Å². The highest BCUT2D eigenvalue weighted by molar-refractivity contribution is 6.03. The molecule has 2 fully saturated rings. The number of piperazine rings is 1. The summed E-state index contributed by atoms with van der Waals surface area (Å²) in [7, 11) is 0. The lowest BCUT2D eigenvalue weighted by molar-refractivity contribution is -0.121. The smallest absolute Gasteiger partial charge is 0.241 e. The SMILES string of the molecule is CC(C(=O)Nc1ccccc1N1CCCC1=O)N1CCN(Cc2ccon2)CC1. The summed E-state index contributed by atoms with van der Waals surface area (Å²) < 4.78 is 4.89. The highest BCUT2D eigenvalue weighted by atomic mass is 16.5. The average Bonchev–Trinajstić information content (AvgIpc) is 3.40. The maximum atomic E-state index is 12.9. The molecule has 154 valence electrons. The molecular formula is C21H27N5O3. The Morgan fingerprint density at radius 2 is 1.97 bits per heavy atom. The molecule has 0 radical (unpaired) electrons. The first-order valence-corrected chi connectivity index (χ1v) is 10.2. The van der Waals surface area contributed by atoms with E-state index in [2.05, 4.69) is 20.3 Å². The van der Waals surface area contributed by atoms with Gasteiger partial charge in [0.1, 0.15) is 6.26 Å². The van der Waals surface area contributed by atoms with E-state index < -0.39 is 0 Å². The molecule has 0 spiro atoms. The van der Waals surface area contributed by atoms with Crippen molar-refractivity contribution in [3.8, 4) is 0 Å². The lowest BCUT2D eigenvalue weighted by Crippen LogP contribution is -2.52. The third kappa shape index (κ3) is 4.49. The van der Waals surface area contributed by atoms with E-state index in [1.165, 1.54) is 0 Å². The van der Waals surface area contributed by atoms with Crippen LogP contribution < -0.4 is 10.2 Å². The number of nitrogens with one attached hydrogen (secondary N) is 1. The number of carbonyl (C=O) groups excluding carboxylic acids is 2. The molecule has 4 rings (SSSR count). The summed E-state index contributed by atoms with van der Waals surface area (Å²) in [5.41, 5.74) is 2.41. The molecule has 3 heterocycles. The molecule has 1 aromatic heterocycles. The molecule has 2 aromatic rings. The molecule has 29 heavy (non-hydrogen) atoms. The molecule has 1 aromatic carbocycles. The van der Waals surface area contributed by atoms with Crippen molar-refractivity contribution in [3.63, 3.8) is 0 Å². The van der Waals surface area contributed by atoms with Crippen molar-refractivity contribution in [2.75, 3.05) is 42.9 Å². The lowest BCUT2D eigenvalue weighted by Gasteiger charge is -2.37. The minimum atomic E-state index is -0.244. The van der Waals surface area contributed by atoms with Crippen molar-refractivity contribution in [3.05, 3.63) is 42.3 Å². The van der Waals surface area contributed by atoms with Gasteiger partial charge in [-0.25, -0.2) is 0 Å². The molecule has 1 atom stereocenters. The summed E-state index contributed by atoms with van der Waals surface area (Å²) in [5.74, 6) is 0.0667. The van der Waals surface area contributed by atoms with Crippen LogP contribution in [0.4, 0.5) is 11.4 Å². The number of benzene rings is 1. The highest BCUT2D eigenvalue weighted by Gasteiger charge is 2.28. The van der Waals surface area contributed by atoms with E-state index in [0.717, 1.165) is 50.5 Å². The largest absolute Gasteiger partial charge is 0.364 e. The van der Waals surface area contributed by atoms with Gasteiger partial charge in [0.2, 0.25) is 11.8 Å². The summed E-state index contributed by atoms with van der Waals surface area (Å²) in [4.78, 5) is 31.3. The number of aromatic nitrogens is 1. The fourth-order valence-corrected chi connectivity index (χ4v) is 3.98. The molecule has 8 heteroatoms. The van der Waals surface area contributed by atoms with Gasteiger partial charge in [0, 0.05) is 51.8 Å². The number of nitrogens with zero attached hydrogens (tertiary/aromatic N) is 4. The van der Waals surface area contributed by atoms with Crippen molar-refractivity contribution >= 4 is 23.2 Å². The molecule has 1 N–H and O–H groups in total. The van der Waals surface area contributed by atoms with Crippen LogP contribution in [0.3, 0.4) is 0 Å². The van der Waals surface area contributed by atoms with E-state index in [0.29, 0.717) is 18.7 Å². The first kappa shape index (κ1) is 19.6. The second-order valence-electron chi connectivity index (χ2n) is 7.63. The van der Waals surface area contributed by atoms with Crippen LogP contribution >= 0.6 is 0 Å². The van der Waals surface area contributed by atoms with Gasteiger partial charge in [0.15, 0.2) is 0 Å². The second kappa shape index (κ2) is 8.75. The maximum Gasteiger partial charge on any atom is 0.241 e. The zero-order chi connectivity index (χ0) is 20.2.